The van der Waals surface area contributed by atoms with E-state index in [1.54, 1.807) is 20.8 Å². The lowest BCUT2D eigenvalue weighted by Gasteiger charge is -2.36. The minimum absolute atomic E-state index is 0.00975. The van der Waals surface area contributed by atoms with E-state index in [0.717, 1.165) is 37.6 Å². The van der Waals surface area contributed by atoms with E-state index < -0.39 is 204 Å². The number of nitrogens with one attached hydrogen (secondary N) is 8. The lowest BCUT2D eigenvalue weighted by atomic mass is 9.87. The van der Waals surface area contributed by atoms with Gasteiger partial charge in [0.1, 0.15) is 78.4 Å². The topological polar surface area (TPSA) is 625 Å². The zero-order chi connectivity index (χ0) is 81.1. The summed E-state index contributed by atoms with van der Waals surface area (Å²) < 4.78 is 11.7. The molecule has 2 rings (SSSR count). The number of guanidine groups is 2. The van der Waals surface area contributed by atoms with Gasteiger partial charge < -0.3 is 122 Å². The second-order valence-corrected chi connectivity index (χ2v) is 28.0. The largest absolute Gasteiger partial charge is 0.508 e. The fourth-order valence-corrected chi connectivity index (χ4v) is 11.7. The third kappa shape index (κ3) is 28.7. The number of esters is 1. The van der Waals surface area contributed by atoms with Crippen molar-refractivity contribution in [2.45, 2.75) is 231 Å². The standard InChI is InChI=1S/C68H116N18O20/c1-30(2)28-32(5)51(90)35(8)56(94)77-36(9)57(95)78-42(18-16-26-75-67(71)72)52(91)53(92)63(101)81-47(33(6)34(7)55(70)93)60(98)83-49-39(12)106-66(104)37(10)85(13)65(103)50(54(105-15)40-20-22-41(88)23-21-40)84-59(97)45(24-25-46(69)89)86(14)64(102)44(29-31(3)4)80-58(96)43(19-17-27-76-68(73)74)79-61(99)48(38(11)87)82-62(49)100/h20-23,30-39,42-45,47-54,87-88,90-92H,16-19,24-29H2,1-15H3,(H2,69,89)(H2,70,93)(H,77,94)(H,78,95)(H,79,99)(H,80,96)(H,81,101)(H,82,100)(H,83,98)(H,84,97)(H4,71,72,75)(H4,73,74,76)/t32-,33-,34+,35+,36-,37-,38+,39+,42-,43+,44?,45-,47-,48-,49?,50?,51+,52+,53+,54?/m0/s1. The van der Waals surface area contributed by atoms with Gasteiger partial charge in [0.25, 0.3) is 5.91 Å². The number of nitrogens with two attached hydrogens (primary N) is 6. The van der Waals surface area contributed by atoms with Gasteiger partial charge in [0.05, 0.1) is 24.2 Å². The first kappa shape index (κ1) is 92.6. The number of likely N-dealkylation sites (N-methyl/N-ethyl adjacent to an activating group) is 2. The summed E-state index contributed by atoms with van der Waals surface area (Å²) in [7, 11) is 3.47. The maximum Gasteiger partial charge on any atom is 0.328 e. The number of benzene rings is 1. The third-order valence-corrected chi connectivity index (χ3v) is 18.5. The second kappa shape index (κ2) is 43.8. The van der Waals surface area contributed by atoms with Crippen LogP contribution in [-0.4, -0.2) is 249 Å². The van der Waals surface area contributed by atoms with Crippen molar-refractivity contribution in [2.75, 3.05) is 34.3 Å². The van der Waals surface area contributed by atoms with Crippen LogP contribution in [-0.2, 0) is 71.8 Å². The van der Waals surface area contributed by atoms with Crippen LogP contribution < -0.4 is 76.9 Å². The van der Waals surface area contributed by atoms with Crippen molar-refractivity contribution in [3.63, 3.8) is 0 Å². The number of phenols is 1. The van der Waals surface area contributed by atoms with Crippen LogP contribution in [0.2, 0.25) is 0 Å². The fourth-order valence-electron chi connectivity index (χ4n) is 11.7. The Morgan fingerprint density at radius 3 is 1.72 bits per heavy atom. The first-order chi connectivity index (χ1) is 49.3. The minimum atomic E-state index is -2.58. The summed E-state index contributed by atoms with van der Waals surface area (Å²) in [6.45, 7) is 17.4. The Morgan fingerprint density at radius 2 is 1.19 bits per heavy atom. The van der Waals surface area contributed by atoms with Crippen molar-refractivity contribution in [3.05, 3.63) is 29.8 Å². The summed E-state index contributed by atoms with van der Waals surface area (Å²) in [5, 5.41) is 75.7. The van der Waals surface area contributed by atoms with Crippen molar-refractivity contribution in [1.29, 1.82) is 0 Å². The molecule has 106 heavy (non-hydrogen) atoms. The highest BCUT2D eigenvalue weighted by Crippen LogP contribution is 2.27. The van der Waals surface area contributed by atoms with Gasteiger partial charge >= 0.3 is 5.97 Å². The number of nitrogens with zero attached hydrogens (tertiary/aromatic N) is 4. The van der Waals surface area contributed by atoms with E-state index in [1.807, 2.05) is 13.8 Å². The van der Waals surface area contributed by atoms with Crippen LogP contribution in [0.1, 0.15) is 146 Å². The fraction of sp³-hybridized carbons (Fsp3) is 0.691. The molecule has 38 heteroatoms. The number of hydrogen-bond acceptors (Lipinski definition) is 22. The van der Waals surface area contributed by atoms with Gasteiger partial charge in [-0.3, -0.25) is 67.5 Å². The molecule has 12 amide bonds. The molecule has 1 aliphatic heterocycles. The Bertz CT molecular complexity index is 3230. The molecule has 1 fully saturated rings. The molecule has 0 spiro atoms. The summed E-state index contributed by atoms with van der Waals surface area (Å²) in [5.41, 5.74) is 33.6. The molecule has 1 aromatic rings. The van der Waals surface area contributed by atoms with E-state index in [9.17, 15) is 73.5 Å². The number of methoxy groups -OCH3 is 1. The number of aliphatic hydroxyl groups excluding tert-OH is 4. The van der Waals surface area contributed by atoms with Crippen LogP contribution >= 0.6 is 0 Å². The van der Waals surface area contributed by atoms with E-state index in [2.05, 4.69) is 52.5 Å². The SMILES string of the molecule is COC(c1ccc(O)cc1)C1NC(=O)[C@H](CCC(N)=O)N(C)C(=O)C(CC(C)C)NC(=O)[C@@H](CCCN=C(N)N)NC(=O)[C@H]([C@@H](C)O)NC(=O)C(NC(=O)[C@@H](NC(=O)[C@H](O)[C@H](O)[C@H](CCCN=C(N)N)NC(=O)[C@H](C)NC(=O)[C@H](C)[C@H](O)[C@@H](C)CC(C)C)[C@@H](C)[C@@H](C)C(N)=O)[C@@H](C)OC(=O)[C@H](C)N(C)C1=O. The molecule has 1 saturated heterocycles. The smallest absolute Gasteiger partial charge is 0.328 e. The normalized spacial score (nSPS) is 23.2. The number of primary amides is 2. The zero-order valence-electron chi connectivity index (χ0n) is 63.2. The summed E-state index contributed by atoms with van der Waals surface area (Å²) in [5.74, 6) is -19.8. The van der Waals surface area contributed by atoms with Gasteiger partial charge in [-0.1, -0.05) is 67.5 Å². The van der Waals surface area contributed by atoms with Crippen LogP contribution in [0.25, 0.3) is 0 Å². The van der Waals surface area contributed by atoms with Crippen molar-refractivity contribution >= 4 is 88.8 Å². The Kier molecular flexibility index (Phi) is 38.2. The average molecular weight is 1510 g/mol. The number of phenolic OH excluding ortho intramolecular Hbond substituents is 1. The molecule has 0 radical (unpaired) electrons. The number of hydrogen-bond donors (Lipinski definition) is 19. The Hall–Kier alpha value is -9.53. The number of aromatic hydroxyl groups is 1. The van der Waals surface area contributed by atoms with Crippen LogP contribution in [0.15, 0.2) is 34.3 Å². The molecular formula is C68H116N18O20. The first-order valence-corrected chi connectivity index (χ1v) is 35.2. The van der Waals surface area contributed by atoms with Gasteiger partial charge in [-0.05, 0) is 114 Å². The highest BCUT2D eigenvalue weighted by Gasteiger charge is 2.45. The minimum Gasteiger partial charge on any atom is -0.508 e. The highest BCUT2D eigenvalue weighted by atomic mass is 16.5. The lowest BCUT2D eigenvalue weighted by Crippen LogP contribution is -2.65. The van der Waals surface area contributed by atoms with E-state index in [-0.39, 0.29) is 86.2 Å². The molecule has 25 N–H and O–H groups in total. The van der Waals surface area contributed by atoms with Crippen LogP contribution in [0.5, 0.6) is 5.75 Å². The van der Waals surface area contributed by atoms with Crippen molar-refractivity contribution in [3.8, 4) is 5.75 Å². The van der Waals surface area contributed by atoms with Gasteiger partial charge in [-0.15, -0.1) is 0 Å². The molecule has 4 unspecified atom stereocenters. The number of rotatable bonds is 34. The van der Waals surface area contributed by atoms with Crippen molar-refractivity contribution in [1.82, 2.24) is 52.3 Å². The Balaban J connectivity index is 3.02. The van der Waals surface area contributed by atoms with Crippen molar-refractivity contribution in [2.24, 2.45) is 79.9 Å². The molecule has 1 heterocycles. The molecule has 0 aliphatic carbocycles. The molecule has 0 bridgehead atoms. The van der Waals surface area contributed by atoms with Crippen LogP contribution in [0, 0.1) is 35.5 Å². The Labute approximate surface area is 617 Å². The third-order valence-electron chi connectivity index (χ3n) is 18.5. The monoisotopic (exact) mass is 1500 g/mol. The zero-order valence-corrected chi connectivity index (χ0v) is 63.2. The van der Waals surface area contributed by atoms with E-state index in [1.165, 1.54) is 66.1 Å². The first-order valence-electron chi connectivity index (χ1n) is 35.2. The Morgan fingerprint density at radius 1 is 0.623 bits per heavy atom. The lowest BCUT2D eigenvalue weighted by molar-refractivity contribution is -0.162. The van der Waals surface area contributed by atoms with Gasteiger partial charge in [-0.25, -0.2) is 4.79 Å². The number of cyclic esters (lactones) is 1. The quantitative estimate of drug-likeness (QED) is 0.0132. The van der Waals surface area contributed by atoms with Crippen LogP contribution in [0.3, 0.4) is 0 Å². The predicted molar refractivity (Wildman–Crippen MR) is 386 cm³/mol. The molecule has 0 aromatic heterocycles. The molecule has 1 aromatic carbocycles. The van der Waals surface area contributed by atoms with Gasteiger partial charge in [-0.2, -0.15) is 0 Å². The highest BCUT2D eigenvalue weighted by molar-refractivity contribution is 5.99. The van der Waals surface area contributed by atoms with Crippen molar-refractivity contribution < 1.29 is 97.3 Å². The number of carbonyl (C=O) groups excluding carboxylic acids is 13. The molecule has 1 aliphatic rings. The van der Waals surface area contributed by atoms with E-state index >= 15 is 14.4 Å². The van der Waals surface area contributed by atoms with Crippen LogP contribution in [0.4, 0.5) is 0 Å². The number of ether oxygens (including phenoxy) is 2. The second-order valence-electron chi connectivity index (χ2n) is 28.0. The summed E-state index contributed by atoms with van der Waals surface area (Å²) in [6, 6.07) is -12.6. The predicted octanol–water partition coefficient (Wildman–Crippen LogP) is -5.44. The summed E-state index contributed by atoms with van der Waals surface area (Å²) in [6.07, 6.45) is -12.4. The molecular weight excluding hydrogens is 1390 g/mol. The van der Waals surface area contributed by atoms with Gasteiger partial charge in [0.15, 0.2) is 18.0 Å². The van der Waals surface area contributed by atoms with E-state index in [0.29, 0.717) is 6.42 Å². The molecule has 38 nitrogen and oxygen atoms in total. The van der Waals surface area contributed by atoms with Gasteiger partial charge in [0.2, 0.25) is 65.0 Å². The number of carbonyl (C=O) groups is 13. The number of amides is 12. The molecule has 598 valence electrons. The van der Waals surface area contributed by atoms with Gasteiger partial charge in [0, 0.05) is 46.6 Å². The number of aliphatic imine (C=N–C) groups is 2. The average Bonchev–Trinajstić information content (AvgIpc) is 0.811. The molecule has 0 saturated carbocycles. The maximum absolute atomic E-state index is 15.1. The number of aliphatic hydroxyl groups is 4. The summed E-state index contributed by atoms with van der Waals surface area (Å²) in [4.78, 5) is 196. The molecule has 20 atom stereocenters. The van der Waals surface area contributed by atoms with E-state index in [4.69, 9.17) is 43.9 Å². The summed E-state index contributed by atoms with van der Waals surface area (Å²) >= 11 is 0. The maximum atomic E-state index is 15.1.